The predicted molar refractivity (Wildman–Crippen MR) is 77.7 cm³/mol. The molecule has 1 saturated heterocycles. The molecular formula is C13H18FN3OS. The second kappa shape index (κ2) is 6.14. The molecule has 1 heterocycles. The number of anilines is 1. The summed E-state index contributed by atoms with van der Waals surface area (Å²) in [6.45, 7) is 3.85. The topological polar surface area (TPSA) is 61.8 Å². The maximum atomic E-state index is 13.9. The molecule has 1 aliphatic rings. The lowest BCUT2D eigenvalue weighted by atomic mass is 10.1. The third-order valence-electron chi connectivity index (χ3n) is 3.29. The lowest BCUT2D eigenvalue weighted by molar-refractivity contribution is 0.318. The highest BCUT2D eigenvalue weighted by Gasteiger charge is 2.23. The van der Waals surface area contributed by atoms with Crippen molar-refractivity contribution in [2.75, 3.05) is 23.7 Å². The van der Waals surface area contributed by atoms with E-state index in [9.17, 15) is 4.39 Å². The Bertz CT molecular complexity index is 481. The van der Waals surface area contributed by atoms with Gasteiger partial charge in [0.25, 0.3) is 0 Å². The molecule has 1 unspecified atom stereocenters. The van der Waals surface area contributed by atoms with Crippen LogP contribution in [0.15, 0.2) is 23.4 Å². The van der Waals surface area contributed by atoms with E-state index in [1.807, 2.05) is 17.8 Å². The minimum atomic E-state index is -0.459. The quantitative estimate of drug-likeness (QED) is 0.386. The molecule has 0 radical (unpaired) electrons. The normalized spacial score (nSPS) is 20.6. The average Bonchev–Trinajstić information content (AvgIpc) is 2.46. The zero-order valence-corrected chi connectivity index (χ0v) is 11.7. The summed E-state index contributed by atoms with van der Waals surface area (Å²) in [5.41, 5.74) is 6.49. The van der Waals surface area contributed by atoms with Gasteiger partial charge in [0, 0.05) is 24.1 Å². The van der Waals surface area contributed by atoms with Crippen LogP contribution in [0.3, 0.4) is 0 Å². The Morgan fingerprint density at radius 3 is 3.11 bits per heavy atom. The van der Waals surface area contributed by atoms with Crippen LogP contribution in [0.5, 0.6) is 0 Å². The molecule has 0 aliphatic carbocycles. The highest BCUT2D eigenvalue weighted by atomic mass is 32.2. The average molecular weight is 283 g/mol. The molecule has 2 rings (SSSR count). The van der Waals surface area contributed by atoms with Crippen molar-refractivity contribution in [3.8, 4) is 0 Å². The standard InChI is InChI=1S/C13H18FN3OS/c1-2-9-8-17(6-7-19-9)11-5-3-4-10(14)12(11)13(15)16-18/h3-5,9,18H,2,6-8H2,1H3,(H2,15,16). The van der Waals surface area contributed by atoms with Crippen molar-refractivity contribution < 1.29 is 9.60 Å². The Morgan fingerprint density at radius 2 is 2.42 bits per heavy atom. The second-order valence-corrected chi connectivity index (χ2v) is 5.87. The monoisotopic (exact) mass is 283 g/mol. The predicted octanol–water partition coefficient (Wildman–Crippen LogP) is 2.25. The molecule has 19 heavy (non-hydrogen) atoms. The van der Waals surface area contributed by atoms with E-state index in [1.165, 1.54) is 6.07 Å². The maximum Gasteiger partial charge on any atom is 0.175 e. The Kier molecular flexibility index (Phi) is 4.52. The van der Waals surface area contributed by atoms with Gasteiger partial charge in [-0.25, -0.2) is 4.39 Å². The van der Waals surface area contributed by atoms with E-state index in [0.29, 0.717) is 10.9 Å². The number of halogens is 1. The van der Waals surface area contributed by atoms with E-state index in [-0.39, 0.29) is 11.4 Å². The van der Waals surface area contributed by atoms with E-state index in [2.05, 4.69) is 17.0 Å². The van der Waals surface area contributed by atoms with Crippen molar-refractivity contribution in [1.82, 2.24) is 0 Å². The first-order valence-corrected chi connectivity index (χ1v) is 7.35. The van der Waals surface area contributed by atoms with Crippen LogP contribution in [-0.2, 0) is 0 Å². The summed E-state index contributed by atoms with van der Waals surface area (Å²) in [5.74, 6) is 0.364. The molecule has 6 heteroatoms. The molecule has 1 fully saturated rings. The summed E-state index contributed by atoms with van der Waals surface area (Å²) in [6.07, 6.45) is 1.08. The second-order valence-electron chi connectivity index (χ2n) is 4.47. The maximum absolute atomic E-state index is 13.9. The molecule has 1 atom stereocenters. The minimum Gasteiger partial charge on any atom is -0.409 e. The van der Waals surface area contributed by atoms with Crippen LogP contribution in [0.2, 0.25) is 0 Å². The summed E-state index contributed by atoms with van der Waals surface area (Å²) < 4.78 is 13.9. The number of nitrogens with two attached hydrogens (primary N) is 1. The van der Waals surface area contributed by atoms with E-state index in [1.54, 1.807) is 6.07 Å². The molecule has 0 spiro atoms. The van der Waals surface area contributed by atoms with Crippen molar-refractivity contribution in [1.29, 1.82) is 0 Å². The molecular weight excluding hydrogens is 265 g/mol. The Hall–Kier alpha value is -1.43. The molecule has 3 N–H and O–H groups in total. The third-order valence-corrected chi connectivity index (χ3v) is 4.66. The van der Waals surface area contributed by atoms with Crippen molar-refractivity contribution in [3.05, 3.63) is 29.6 Å². The van der Waals surface area contributed by atoms with Gasteiger partial charge in [0.2, 0.25) is 0 Å². The van der Waals surface area contributed by atoms with Gasteiger partial charge in [0.05, 0.1) is 11.3 Å². The van der Waals surface area contributed by atoms with Gasteiger partial charge in [0.1, 0.15) is 5.82 Å². The first-order chi connectivity index (χ1) is 9.17. The van der Waals surface area contributed by atoms with Crippen molar-refractivity contribution in [2.24, 2.45) is 10.9 Å². The fourth-order valence-electron chi connectivity index (χ4n) is 2.26. The zero-order valence-electron chi connectivity index (χ0n) is 10.8. The van der Waals surface area contributed by atoms with Crippen LogP contribution < -0.4 is 10.6 Å². The summed E-state index contributed by atoms with van der Waals surface area (Å²) >= 11 is 1.94. The van der Waals surface area contributed by atoms with Crippen molar-refractivity contribution in [3.63, 3.8) is 0 Å². The SMILES string of the molecule is CCC1CN(c2cccc(F)c2/C(N)=N/O)CCS1. The number of rotatable bonds is 3. The molecule has 0 saturated carbocycles. The van der Waals surface area contributed by atoms with Gasteiger partial charge >= 0.3 is 0 Å². The van der Waals surface area contributed by atoms with Crippen LogP contribution in [0, 0.1) is 5.82 Å². The summed E-state index contributed by atoms with van der Waals surface area (Å²) in [4.78, 5) is 2.11. The molecule has 104 valence electrons. The van der Waals surface area contributed by atoms with Crippen LogP contribution in [0.1, 0.15) is 18.9 Å². The largest absolute Gasteiger partial charge is 0.409 e. The molecule has 1 aliphatic heterocycles. The van der Waals surface area contributed by atoms with E-state index in [4.69, 9.17) is 10.9 Å². The van der Waals surface area contributed by atoms with Crippen LogP contribution in [-0.4, -0.2) is 35.1 Å². The molecule has 0 amide bonds. The lowest BCUT2D eigenvalue weighted by Crippen LogP contribution is -2.39. The number of amidine groups is 1. The molecule has 4 nitrogen and oxygen atoms in total. The molecule has 0 aromatic heterocycles. The van der Waals surface area contributed by atoms with Gasteiger partial charge in [-0.05, 0) is 18.6 Å². The van der Waals surface area contributed by atoms with Gasteiger partial charge in [-0.3, -0.25) is 0 Å². The highest BCUT2D eigenvalue weighted by Crippen LogP contribution is 2.29. The van der Waals surface area contributed by atoms with Gasteiger partial charge in [-0.1, -0.05) is 18.1 Å². The number of nitrogens with zero attached hydrogens (tertiary/aromatic N) is 2. The first-order valence-electron chi connectivity index (χ1n) is 6.30. The van der Waals surface area contributed by atoms with Gasteiger partial charge in [0.15, 0.2) is 5.84 Å². The van der Waals surface area contributed by atoms with Crippen molar-refractivity contribution >= 4 is 23.3 Å². The number of benzene rings is 1. The van der Waals surface area contributed by atoms with Crippen molar-refractivity contribution in [2.45, 2.75) is 18.6 Å². The molecule has 1 aromatic rings. The molecule has 0 bridgehead atoms. The van der Waals surface area contributed by atoms with E-state index < -0.39 is 5.82 Å². The number of hydrogen-bond donors (Lipinski definition) is 2. The smallest absolute Gasteiger partial charge is 0.175 e. The van der Waals surface area contributed by atoms with Gasteiger partial charge in [-0.2, -0.15) is 11.8 Å². The molecule has 1 aromatic carbocycles. The summed E-state index contributed by atoms with van der Waals surface area (Å²) in [7, 11) is 0. The Morgan fingerprint density at radius 1 is 1.63 bits per heavy atom. The number of hydrogen-bond acceptors (Lipinski definition) is 4. The Labute approximate surface area is 116 Å². The van der Waals surface area contributed by atoms with Gasteiger partial charge in [-0.15, -0.1) is 0 Å². The number of oxime groups is 1. The third kappa shape index (κ3) is 2.94. The van der Waals surface area contributed by atoms with E-state index >= 15 is 0 Å². The minimum absolute atomic E-state index is 0.181. The van der Waals surface area contributed by atoms with E-state index in [0.717, 1.165) is 25.3 Å². The fourth-order valence-corrected chi connectivity index (χ4v) is 3.45. The number of thioether (sulfide) groups is 1. The lowest BCUT2D eigenvalue weighted by Gasteiger charge is -2.34. The first kappa shape index (κ1) is 14.0. The zero-order chi connectivity index (χ0) is 13.8. The van der Waals surface area contributed by atoms with Crippen LogP contribution >= 0.6 is 11.8 Å². The summed E-state index contributed by atoms with van der Waals surface area (Å²) in [6, 6.07) is 4.80. The fraction of sp³-hybridized carbons (Fsp3) is 0.462. The summed E-state index contributed by atoms with van der Waals surface area (Å²) in [5, 5.41) is 12.3. The van der Waals surface area contributed by atoms with Crippen LogP contribution in [0.4, 0.5) is 10.1 Å². The van der Waals surface area contributed by atoms with Crippen LogP contribution in [0.25, 0.3) is 0 Å². The highest BCUT2D eigenvalue weighted by molar-refractivity contribution is 8.00. The van der Waals surface area contributed by atoms with Gasteiger partial charge < -0.3 is 15.8 Å². The Balaban J connectivity index is 2.36.